The quantitative estimate of drug-likeness (QED) is 0.662. The van der Waals surface area contributed by atoms with Gasteiger partial charge in [-0.15, -0.1) is 0 Å². The molecular formula is C25H24N2O2. The molecule has 4 heteroatoms. The summed E-state index contributed by atoms with van der Waals surface area (Å²) in [6.45, 7) is 2.58. The number of amides is 2. The van der Waals surface area contributed by atoms with Crippen molar-refractivity contribution >= 4 is 17.5 Å². The van der Waals surface area contributed by atoms with Crippen LogP contribution in [0.15, 0.2) is 78.9 Å². The van der Waals surface area contributed by atoms with Crippen molar-refractivity contribution in [3.05, 3.63) is 101 Å². The minimum absolute atomic E-state index is 0.0668. The number of para-hydroxylation sites is 1. The van der Waals surface area contributed by atoms with Crippen molar-refractivity contribution in [3.8, 4) is 0 Å². The summed E-state index contributed by atoms with van der Waals surface area (Å²) >= 11 is 0. The third-order valence-corrected chi connectivity index (χ3v) is 5.39. The monoisotopic (exact) mass is 384 g/mol. The fourth-order valence-corrected chi connectivity index (χ4v) is 3.95. The van der Waals surface area contributed by atoms with E-state index in [2.05, 4.69) is 13.0 Å². The van der Waals surface area contributed by atoms with Crippen molar-refractivity contribution in [1.82, 2.24) is 4.90 Å². The van der Waals surface area contributed by atoms with Crippen LogP contribution in [0, 0.1) is 0 Å². The highest BCUT2D eigenvalue weighted by Crippen LogP contribution is 2.33. The normalized spacial score (nSPS) is 15.1. The first-order valence-electron chi connectivity index (χ1n) is 9.85. The Bertz CT molecular complexity index is 1050. The molecule has 4 nitrogen and oxygen atoms in total. The molecule has 2 amide bonds. The maximum atomic E-state index is 13.3. The molecule has 4 rings (SSSR count). The minimum atomic E-state index is -0.0987. The van der Waals surface area contributed by atoms with Crippen LogP contribution in [0.4, 0.5) is 5.69 Å². The average Bonchev–Trinajstić information content (AvgIpc) is 3.09. The van der Waals surface area contributed by atoms with Gasteiger partial charge in [-0.3, -0.25) is 9.59 Å². The topological polar surface area (TPSA) is 40.6 Å². The number of carbonyl (C=O) groups is 2. The van der Waals surface area contributed by atoms with E-state index in [0.717, 1.165) is 17.7 Å². The van der Waals surface area contributed by atoms with E-state index in [0.29, 0.717) is 17.7 Å². The summed E-state index contributed by atoms with van der Waals surface area (Å²) in [5, 5.41) is 0. The zero-order valence-electron chi connectivity index (χ0n) is 16.7. The van der Waals surface area contributed by atoms with Gasteiger partial charge in [0.1, 0.15) is 0 Å². The molecule has 1 aliphatic heterocycles. The van der Waals surface area contributed by atoms with Crippen molar-refractivity contribution in [3.63, 3.8) is 0 Å². The molecule has 146 valence electrons. The minimum Gasteiger partial charge on any atom is -0.337 e. The van der Waals surface area contributed by atoms with Gasteiger partial charge in [0.05, 0.1) is 0 Å². The lowest BCUT2D eigenvalue weighted by Gasteiger charge is -2.23. The maximum absolute atomic E-state index is 13.3. The van der Waals surface area contributed by atoms with Crippen molar-refractivity contribution < 1.29 is 9.59 Å². The first-order chi connectivity index (χ1) is 14.0. The van der Waals surface area contributed by atoms with E-state index in [1.54, 1.807) is 36.2 Å². The molecule has 3 aromatic rings. The number of anilines is 1. The molecule has 0 N–H and O–H groups in total. The Morgan fingerprint density at radius 3 is 2.41 bits per heavy atom. The lowest BCUT2D eigenvalue weighted by Crippen LogP contribution is -2.36. The van der Waals surface area contributed by atoms with Gasteiger partial charge in [0.25, 0.3) is 11.8 Å². The molecular weight excluding hydrogens is 360 g/mol. The van der Waals surface area contributed by atoms with Gasteiger partial charge in [-0.1, -0.05) is 54.6 Å². The van der Waals surface area contributed by atoms with E-state index in [1.165, 1.54) is 5.56 Å². The molecule has 1 heterocycles. The second kappa shape index (κ2) is 7.92. The van der Waals surface area contributed by atoms with Crippen LogP contribution in [-0.4, -0.2) is 29.8 Å². The zero-order valence-corrected chi connectivity index (χ0v) is 16.7. The van der Waals surface area contributed by atoms with Gasteiger partial charge in [-0.05, 0) is 48.7 Å². The summed E-state index contributed by atoms with van der Waals surface area (Å²) in [4.78, 5) is 29.7. The average molecular weight is 384 g/mol. The van der Waals surface area contributed by atoms with Gasteiger partial charge in [-0.2, -0.15) is 0 Å². The Balaban J connectivity index is 1.56. The summed E-state index contributed by atoms with van der Waals surface area (Å²) in [7, 11) is 1.78. The molecule has 0 bridgehead atoms. The van der Waals surface area contributed by atoms with Crippen LogP contribution in [-0.2, 0) is 13.0 Å². The molecule has 0 aliphatic carbocycles. The van der Waals surface area contributed by atoms with Gasteiger partial charge in [-0.25, -0.2) is 0 Å². The molecule has 1 unspecified atom stereocenters. The number of hydrogen-bond donors (Lipinski definition) is 0. The number of nitrogens with zero attached hydrogens (tertiary/aromatic N) is 2. The molecule has 0 saturated heterocycles. The summed E-state index contributed by atoms with van der Waals surface area (Å²) < 4.78 is 0. The molecule has 1 atom stereocenters. The van der Waals surface area contributed by atoms with Crippen LogP contribution >= 0.6 is 0 Å². The first kappa shape index (κ1) is 18.9. The lowest BCUT2D eigenvalue weighted by atomic mass is 10.1. The number of rotatable bonds is 4. The van der Waals surface area contributed by atoms with E-state index < -0.39 is 0 Å². The molecule has 29 heavy (non-hydrogen) atoms. The molecule has 0 aromatic heterocycles. The molecule has 0 spiro atoms. The zero-order chi connectivity index (χ0) is 20.4. The number of hydrogen-bond acceptors (Lipinski definition) is 2. The maximum Gasteiger partial charge on any atom is 0.258 e. The van der Waals surface area contributed by atoms with Gasteiger partial charge in [0.2, 0.25) is 0 Å². The summed E-state index contributed by atoms with van der Waals surface area (Å²) in [6.07, 6.45) is 0.848. The van der Waals surface area contributed by atoms with Crippen LogP contribution in [0.1, 0.15) is 38.8 Å². The smallest absolute Gasteiger partial charge is 0.258 e. The van der Waals surface area contributed by atoms with E-state index in [-0.39, 0.29) is 17.9 Å². The second-order valence-electron chi connectivity index (χ2n) is 7.58. The number of carbonyl (C=O) groups excluding carboxylic acids is 2. The number of fused-ring (bicyclic) bond motifs is 1. The number of benzene rings is 3. The SMILES string of the molecule is CC1Cc2ccccc2N1C(=O)c1cccc(C(=O)N(C)Cc2ccccc2)c1. The van der Waals surface area contributed by atoms with Gasteiger partial charge < -0.3 is 9.80 Å². The van der Waals surface area contributed by atoms with E-state index in [1.807, 2.05) is 53.4 Å². The Morgan fingerprint density at radius 1 is 0.931 bits per heavy atom. The van der Waals surface area contributed by atoms with Crippen molar-refractivity contribution in [2.45, 2.75) is 25.9 Å². The highest BCUT2D eigenvalue weighted by atomic mass is 16.2. The Morgan fingerprint density at radius 2 is 1.62 bits per heavy atom. The van der Waals surface area contributed by atoms with Gasteiger partial charge in [0.15, 0.2) is 0 Å². The molecule has 0 radical (unpaired) electrons. The van der Waals surface area contributed by atoms with Crippen molar-refractivity contribution in [2.24, 2.45) is 0 Å². The highest BCUT2D eigenvalue weighted by Gasteiger charge is 2.31. The first-order valence-corrected chi connectivity index (χ1v) is 9.85. The van der Waals surface area contributed by atoms with Crippen LogP contribution in [0.2, 0.25) is 0 Å². The predicted octanol–water partition coefficient (Wildman–Crippen LogP) is 4.55. The van der Waals surface area contributed by atoms with Gasteiger partial charge in [0, 0.05) is 36.4 Å². The van der Waals surface area contributed by atoms with Crippen molar-refractivity contribution in [2.75, 3.05) is 11.9 Å². The van der Waals surface area contributed by atoms with Crippen LogP contribution < -0.4 is 4.90 Å². The second-order valence-corrected chi connectivity index (χ2v) is 7.58. The molecule has 0 fully saturated rings. The van der Waals surface area contributed by atoms with Crippen LogP contribution in [0.25, 0.3) is 0 Å². The Labute approximate surface area is 171 Å². The third-order valence-electron chi connectivity index (χ3n) is 5.39. The third kappa shape index (κ3) is 3.79. The highest BCUT2D eigenvalue weighted by molar-refractivity contribution is 6.09. The molecule has 1 aliphatic rings. The Hall–Kier alpha value is -3.40. The fraction of sp³-hybridized carbons (Fsp3) is 0.200. The molecule has 3 aromatic carbocycles. The summed E-state index contributed by atoms with van der Waals surface area (Å²) in [5.74, 6) is -0.166. The largest absolute Gasteiger partial charge is 0.337 e. The van der Waals surface area contributed by atoms with E-state index in [4.69, 9.17) is 0 Å². The summed E-state index contributed by atoms with van der Waals surface area (Å²) in [6, 6.07) is 25.0. The van der Waals surface area contributed by atoms with Crippen LogP contribution in [0.5, 0.6) is 0 Å². The van der Waals surface area contributed by atoms with E-state index >= 15 is 0 Å². The lowest BCUT2D eigenvalue weighted by molar-refractivity contribution is 0.0785. The predicted molar refractivity (Wildman–Crippen MR) is 115 cm³/mol. The van der Waals surface area contributed by atoms with Crippen molar-refractivity contribution in [1.29, 1.82) is 0 Å². The summed E-state index contributed by atoms with van der Waals surface area (Å²) in [5.41, 5.74) is 4.27. The standard InChI is InChI=1S/C25H24N2O2/c1-18-15-20-11-6-7-14-23(20)27(18)25(29)22-13-8-12-21(16-22)24(28)26(2)17-19-9-4-3-5-10-19/h3-14,16,18H,15,17H2,1-2H3. The Kier molecular flexibility index (Phi) is 5.17. The van der Waals surface area contributed by atoms with Crippen LogP contribution in [0.3, 0.4) is 0 Å². The molecule has 0 saturated carbocycles. The fourth-order valence-electron chi connectivity index (χ4n) is 3.95. The van der Waals surface area contributed by atoms with E-state index in [9.17, 15) is 9.59 Å². The van der Waals surface area contributed by atoms with Gasteiger partial charge >= 0.3 is 0 Å².